The Hall–Kier alpha value is -3.27. The zero-order valence-corrected chi connectivity index (χ0v) is 27.9. The summed E-state index contributed by atoms with van der Waals surface area (Å²) in [4.78, 5) is 41.6. The van der Waals surface area contributed by atoms with E-state index in [0.717, 1.165) is 77.7 Å². The highest BCUT2D eigenvalue weighted by atomic mass is 19.1. The number of benzene rings is 1. The predicted molar refractivity (Wildman–Crippen MR) is 174 cm³/mol. The number of anilines is 1. The van der Waals surface area contributed by atoms with Crippen LogP contribution in [0.15, 0.2) is 30.7 Å². The van der Waals surface area contributed by atoms with Crippen LogP contribution in [0.5, 0.6) is 11.5 Å². The first-order valence-corrected chi connectivity index (χ1v) is 17.3. The lowest BCUT2D eigenvalue weighted by Crippen LogP contribution is -2.61. The van der Waals surface area contributed by atoms with Crippen LogP contribution in [-0.4, -0.2) is 81.9 Å². The van der Waals surface area contributed by atoms with Crippen molar-refractivity contribution in [2.24, 2.45) is 16.7 Å². The topological polar surface area (TPSA) is 90.9 Å². The van der Waals surface area contributed by atoms with E-state index < -0.39 is 5.82 Å². The molecule has 0 unspecified atom stereocenters. The fourth-order valence-corrected chi connectivity index (χ4v) is 8.71. The third-order valence-electron chi connectivity index (χ3n) is 11.4. The molecule has 10 heteroatoms. The van der Waals surface area contributed by atoms with Crippen molar-refractivity contribution in [1.82, 2.24) is 25.1 Å². The minimum atomic E-state index is -0.463. The number of likely N-dealkylation sites (tertiary alicyclic amines) is 1. The largest absolute Gasteiger partial charge is 0.451 e. The molecule has 0 radical (unpaired) electrons. The van der Waals surface area contributed by atoms with Gasteiger partial charge in [0.2, 0.25) is 5.91 Å². The van der Waals surface area contributed by atoms with Gasteiger partial charge in [-0.2, -0.15) is 0 Å². The lowest BCUT2D eigenvalue weighted by molar-refractivity contribution is -0.126. The number of nitrogens with one attached hydrogen (secondary N) is 1. The highest BCUT2D eigenvalue weighted by Crippen LogP contribution is 2.47. The third-order valence-corrected chi connectivity index (χ3v) is 11.4. The van der Waals surface area contributed by atoms with Crippen molar-refractivity contribution in [3.8, 4) is 11.5 Å². The summed E-state index contributed by atoms with van der Waals surface area (Å²) in [6.07, 6.45) is 13.0. The van der Waals surface area contributed by atoms with Crippen LogP contribution in [0.4, 0.5) is 10.2 Å². The molecule has 2 spiro atoms. The molecule has 0 bridgehead atoms. The van der Waals surface area contributed by atoms with Gasteiger partial charge in [0.15, 0.2) is 11.6 Å². The van der Waals surface area contributed by atoms with Crippen LogP contribution in [0.3, 0.4) is 0 Å². The van der Waals surface area contributed by atoms with E-state index in [1.807, 2.05) is 18.7 Å². The fourth-order valence-electron chi connectivity index (χ4n) is 8.71. The summed E-state index contributed by atoms with van der Waals surface area (Å²) in [5.41, 5.74) is 0.291. The van der Waals surface area contributed by atoms with E-state index in [9.17, 15) is 14.0 Å². The minimum absolute atomic E-state index is 0.0130. The Balaban J connectivity index is 0.945. The standard InChI is InChI=1S/C36H49FN6O3/c1-24(2)43(27-6-7-27)32(44)28-17-26(37)5-8-29(28)46-30-18-38-23-39-31(30)42-21-35(22-42)13-15-41(16-14-35)19-25-9-11-36(12-10-25)20-34(3,4)33(45)40-36/h5,8,17-18,23-25,27H,6-7,9-16,19-22H2,1-4H3,(H,40,45). The van der Waals surface area contributed by atoms with E-state index in [4.69, 9.17) is 4.74 Å². The van der Waals surface area contributed by atoms with Crippen LogP contribution in [0.1, 0.15) is 95.8 Å². The first-order valence-electron chi connectivity index (χ1n) is 17.3. The second-order valence-corrected chi connectivity index (χ2v) is 15.9. The molecule has 5 fully saturated rings. The Morgan fingerprint density at radius 2 is 1.80 bits per heavy atom. The van der Waals surface area contributed by atoms with Gasteiger partial charge in [0.05, 0.1) is 11.8 Å². The van der Waals surface area contributed by atoms with Crippen molar-refractivity contribution in [1.29, 1.82) is 0 Å². The lowest BCUT2D eigenvalue weighted by atomic mass is 9.70. The van der Waals surface area contributed by atoms with Crippen LogP contribution in [0.2, 0.25) is 0 Å². The van der Waals surface area contributed by atoms with Crippen molar-refractivity contribution in [3.63, 3.8) is 0 Å². The molecule has 0 atom stereocenters. The first-order chi connectivity index (χ1) is 21.9. The van der Waals surface area contributed by atoms with Gasteiger partial charge in [0.25, 0.3) is 5.91 Å². The Labute approximate surface area is 272 Å². The zero-order chi connectivity index (χ0) is 32.3. The Kier molecular flexibility index (Phi) is 8.01. The van der Waals surface area contributed by atoms with Crippen LogP contribution >= 0.6 is 0 Å². The molecule has 7 rings (SSSR count). The molecule has 1 aromatic carbocycles. The van der Waals surface area contributed by atoms with Crippen LogP contribution in [0, 0.1) is 22.6 Å². The molecule has 2 aromatic rings. The summed E-state index contributed by atoms with van der Waals surface area (Å²) in [5, 5.41) is 3.36. The number of piperidine rings is 1. The number of carbonyl (C=O) groups excluding carboxylic acids is 2. The van der Waals surface area contributed by atoms with Crippen LogP contribution in [-0.2, 0) is 4.79 Å². The highest BCUT2D eigenvalue weighted by molar-refractivity contribution is 5.97. The summed E-state index contributed by atoms with van der Waals surface area (Å²) in [6.45, 7) is 13.3. The number of ether oxygens (including phenoxy) is 1. The summed E-state index contributed by atoms with van der Waals surface area (Å²) in [7, 11) is 0. The third kappa shape index (κ3) is 6.09. The smallest absolute Gasteiger partial charge is 0.258 e. The molecule has 3 saturated heterocycles. The quantitative estimate of drug-likeness (QED) is 0.394. The van der Waals surface area contributed by atoms with Crippen LogP contribution in [0.25, 0.3) is 0 Å². The monoisotopic (exact) mass is 632 g/mol. The van der Waals surface area contributed by atoms with E-state index in [0.29, 0.717) is 23.2 Å². The molecule has 1 N–H and O–H groups in total. The van der Waals surface area contributed by atoms with Crippen molar-refractivity contribution in [2.45, 2.75) is 103 Å². The van der Waals surface area contributed by atoms with E-state index in [1.54, 1.807) is 6.20 Å². The van der Waals surface area contributed by atoms with Crippen molar-refractivity contribution in [2.75, 3.05) is 37.6 Å². The number of nitrogens with zero attached hydrogens (tertiary/aromatic N) is 5. The number of rotatable bonds is 8. The van der Waals surface area contributed by atoms with E-state index in [2.05, 4.69) is 38.9 Å². The molecule has 2 aliphatic carbocycles. The first kappa shape index (κ1) is 31.3. The molecule has 248 valence electrons. The number of amides is 2. The van der Waals surface area contributed by atoms with Gasteiger partial charge in [-0.15, -0.1) is 0 Å². The van der Waals surface area contributed by atoms with Gasteiger partial charge in [-0.25, -0.2) is 14.4 Å². The second-order valence-electron chi connectivity index (χ2n) is 15.9. The van der Waals surface area contributed by atoms with Crippen molar-refractivity contribution >= 4 is 17.6 Å². The number of aromatic nitrogens is 2. The summed E-state index contributed by atoms with van der Waals surface area (Å²) >= 11 is 0. The SMILES string of the molecule is CC(C)N(C(=O)c1cc(F)ccc1Oc1cncnc1N1CC2(CCN(CC3CCC4(CC3)CC(C)(C)C(=O)N4)CC2)C1)C1CC1. The molecule has 5 aliphatic rings. The van der Waals surface area contributed by atoms with E-state index >= 15 is 0 Å². The Morgan fingerprint density at radius 1 is 1.09 bits per heavy atom. The number of hydrogen-bond donors (Lipinski definition) is 1. The predicted octanol–water partition coefficient (Wildman–Crippen LogP) is 5.80. The van der Waals surface area contributed by atoms with Crippen molar-refractivity contribution < 1.29 is 18.7 Å². The maximum absolute atomic E-state index is 14.4. The minimum Gasteiger partial charge on any atom is -0.451 e. The molecule has 46 heavy (non-hydrogen) atoms. The van der Waals surface area contributed by atoms with Gasteiger partial charge in [0.1, 0.15) is 17.9 Å². The average Bonchev–Trinajstić information content (AvgIpc) is 3.80. The average molecular weight is 633 g/mol. The van der Waals surface area contributed by atoms with Gasteiger partial charge in [0, 0.05) is 48.1 Å². The summed E-state index contributed by atoms with van der Waals surface area (Å²) in [5.74, 6) is 1.78. The van der Waals surface area contributed by atoms with Gasteiger partial charge in [-0.3, -0.25) is 9.59 Å². The maximum atomic E-state index is 14.4. The molecule has 2 saturated carbocycles. The van der Waals surface area contributed by atoms with Crippen molar-refractivity contribution in [3.05, 3.63) is 42.1 Å². The molecule has 2 amide bonds. The highest BCUT2D eigenvalue weighted by Gasteiger charge is 2.50. The molecule has 4 heterocycles. The normalized spacial score (nSPS) is 27.1. The molecule has 3 aliphatic heterocycles. The summed E-state index contributed by atoms with van der Waals surface area (Å²) < 4.78 is 20.7. The number of hydrogen-bond acceptors (Lipinski definition) is 7. The maximum Gasteiger partial charge on any atom is 0.258 e. The zero-order valence-electron chi connectivity index (χ0n) is 27.9. The molecule has 1 aromatic heterocycles. The van der Waals surface area contributed by atoms with Gasteiger partial charge in [-0.05, 0) is 109 Å². The van der Waals surface area contributed by atoms with E-state index in [-0.39, 0.29) is 45.8 Å². The molecular formula is C36H49FN6O3. The summed E-state index contributed by atoms with van der Waals surface area (Å²) in [6, 6.07) is 4.36. The Bertz CT molecular complexity index is 1470. The van der Waals surface area contributed by atoms with Gasteiger partial charge in [-0.1, -0.05) is 13.8 Å². The van der Waals surface area contributed by atoms with Gasteiger partial charge >= 0.3 is 0 Å². The number of halogens is 1. The molecular weight excluding hydrogens is 583 g/mol. The number of carbonyl (C=O) groups is 2. The fraction of sp³-hybridized carbons (Fsp3) is 0.667. The van der Waals surface area contributed by atoms with E-state index in [1.165, 1.54) is 37.4 Å². The lowest BCUT2D eigenvalue weighted by Gasteiger charge is -2.55. The Morgan fingerprint density at radius 3 is 2.43 bits per heavy atom. The van der Waals surface area contributed by atoms with Crippen LogP contribution < -0.4 is 15.0 Å². The van der Waals surface area contributed by atoms with Gasteiger partial charge < -0.3 is 24.8 Å². The second kappa shape index (κ2) is 11.8. The molecule has 9 nitrogen and oxygen atoms in total.